The maximum absolute atomic E-state index is 13.3. The van der Waals surface area contributed by atoms with Gasteiger partial charge < -0.3 is 18.9 Å². The highest BCUT2D eigenvalue weighted by atomic mass is 35.5. The van der Waals surface area contributed by atoms with E-state index in [1.165, 1.54) is 0 Å². The molecule has 0 spiro atoms. The van der Waals surface area contributed by atoms with Crippen LogP contribution in [-0.4, -0.2) is 37.1 Å². The van der Waals surface area contributed by atoms with Crippen molar-refractivity contribution in [2.24, 2.45) is 23.7 Å². The van der Waals surface area contributed by atoms with Gasteiger partial charge in [0.1, 0.15) is 11.1 Å². The van der Waals surface area contributed by atoms with Crippen molar-refractivity contribution in [3.05, 3.63) is 53.4 Å². The quantitative estimate of drug-likeness (QED) is 0.0907. The molecular formula is C34H36Cl6O8. The minimum Gasteiger partial charge on any atom is -0.462 e. The van der Waals surface area contributed by atoms with Crippen molar-refractivity contribution in [1.82, 2.24) is 0 Å². The first-order valence-electron chi connectivity index (χ1n) is 16.0. The van der Waals surface area contributed by atoms with Gasteiger partial charge in [-0.1, -0.05) is 135 Å². The van der Waals surface area contributed by atoms with Gasteiger partial charge in [0.05, 0.1) is 43.3 Å². The zero-order valence-electron chi connectivity index (χ0n) is 26.5. The third kappa shape index (κ3) is 9.23. The number of carbonyl (C=O) groups excluding carboxylic acids is 4. The van der Waals surface area contributed by atoms with Crippen molar-refractivity contribution in [3.63, 3.8) is 0 Å². The van der Waals surface area contributed by atoms with Gasteiger partial charge in [-0.3, -0.25) is 0 Å². The lowest BCUT2D eigenvalue weighted by molar-refractivity contribution is -0.156. The van der Waals surface area contributed by atoms with Gasteiger partial charge in [0.2, 0.25) is 0 Å². The molecule has 2 aliphatic rings. The molecule has 48 heavy (non-hydrogen) atoms. The molecule has 0 heterocycles. The van der Waals surface area contributed by atoms with E-state index in [1.54, 1.807) is 0 Å². The molecule has 2 saturated carbocycles. The average Bonchev–Trinajstić information content (AvgIpc) is 3.69. The van der Waals surface area contributed by atoms with Crippen LogP contribution in [0.15, 0.2) is 12.1 Å². The normalized spacial score (nSPS) is 20.4. The third-order valence-electron chi connectivity index (χ3n) is 9.03. The van der Waals surface area contributed by atoms with Crippen LogP contribution in [0.3, 0.4) is 0 Å². The molecule has 2 aromatic rings. The lowest BCUT2D eigenvalue weighted by Gasteiger charge is -2.20. The molecule has 0 amide bonds. The first-order chi connectivity index (χ1) is 22.9. The Morgan fingerprint density at radius 1 is 0.583 bits per heavy atom. The van der Waals surface area contributed by atoms with Crippen LogP contribution in [0.2, 0.25) is 30.1 Å². The standard InChI is InChI=1S/C34H36Cl6O8/c1-3-7-17-9-5-11-19(17)15-45-31(41)25-27(39)21(35)13-23(37)29(25)47-33(43)34(44)48-30-24(38)14-22(36)28(40)26(30)32(42)46-16-20-12-6-10-18(20)8-4-2/h13-14,17-20H,3-12,15-16H2,1-2H3. The predicted molar refractivity (Wildman–Crippen MR) is 186 cm³/mol. The summed E-state index contributed by atoms with van der Waals surface area (Å²) in [5.41, 5.74) is -0.879. The molecule has 4 rings (SSSR count). The van der Waals surface area contributed by atoms with Gasteiger partial charge in [-0.2, -0.15) is 0 Å². The SMILES string of the molecule is CCCC1CCCC1COC(=O)c1c(Cl)c(Cl)cc(Cl)c1OC(=O)C(=O)Oc1c(Cl)cc(Cl)c(Cl)c1C(=O)OCC1CCCC1CCC. The van der Waals surface area contributed by atoms with Crippen LogP contribution in [-0.2, 0) is 19.1 Å². The molecule has 2 aliphatic carbocycles. The molecule has 4 unspecified atom stereocenters. The third-order valence-corrected chi connectivity index (χ3v) is 11.2. The lowest BCUT2D eigenvalue weighted by atomic mass is 9.92. The van der Waals surface area contributed by atoms with Crippen LogP contribution in [0.5, 0.6) is 11.5 Å². The largest absolute Gasteiger partial charge is 0.462 e. The highest BCUT2D eigenvalue weighted by Crippen LogP contribution is 2.43. The number of rotatable bonds is 12. The van der Waals surface area contributed by atoms with Crippen molar-refractivity contribution < 1.29 is 38.1 Å². The van der Waals surface area contributed by atoms with E-state index < -0.39 is 46.5 Å². The molecule has 14 heteroatoms. The van der Waals surface area contributed by atoms with E-state index in [-0.39, 0.29) is 55.2 Å². The van der Waals surface area contributed by atoms with Gasteiger partial charge >= 0.3 is 23.9 Å². The summed E-state index contributed by atoms with van der Waals surface area (Å²) in [6.45, 7) is 4.44. The Bertz CT molecular complexity index is 1430. The van der Waals surface area contributed by atoms with Crippen molar-refractivity contribution in [2.45, 2.75) is 78.1 Å². The maximum Gasteiger partial charge on any atom is 0.423 e. The fraction of sp³-hybridized carbons (Fsp3) is 0.529. The Hall–Kier alpha value is -1.94. The molecule has 0 radical (unpaired) electrons. The van der Waals surface area contributed by atoms with Crippen LogP contribution in [0, 0.1) is 23.7 Å². The fourth-order valence-corrected chi connectivity index (χ4v) is 8.11. The molecule has 0 N–H and O–H groups in total. The fourth-order valence-electron chi connectivity index (χ4n) is 6.67. The maximum atomic E-state index is 13.3. The number of esters is 4. The van der Waals surface area contributed by atoms with E-state index in [1.807, 2.05) is 0 Å². The predicted octanol–water partition coefficient (Wildman–Crippen LogP) is 10.9. The Morgan fingerprint density at radius 2 is 0.938 bits per heavy atom. The summed E-state index contributed by atoms with van der Waals surface area (Å²) in [4.78, 5) is 52.7. The summed E-state index contributed by atoms with van der Waals surface area (Å²) in [5, 5.41) is -1.39. The monoisotopic (exact) mass is 782 g/mol. The van der Waals surface area contributed by atoms with E-state index >= 15 is 0 Å². The van der Waals surface area contributed by atoms with E-state index in [0.717, 1.165) is 76.3 Å². The molecule has 0 saturated heterocycles. The molecule has 2 aromatic carbocycles. The highest BCUT2D eigenvalue weighted by Gasteiger charge is 2.34. The Morgan fingerprint density at radius 3 is 1.29 bits per heavy atom. The second-order valence-corrected chi connectivity index (χ2v) is 14.6. The van der Waals surface area contributed by atoms with Crippen molar-refractivity contribution in [2.75, 3.05) is 13.2 Å². The molecule has 262 valence electrons. The molecule has 8 nitrogen and oxygen atoms in total. The van der Waals surface area contributed by atoms with Gasteiger partial charge in [0, 0.05) is 0 Å². The second kappa shape index (κ2) is 17.8. The summed E-state index contributed by atoms with van der Waals surface area (Å²) in [6.07, 6.45) is 10.0. The molecule has 0 aromatic heterocycles. The number of hydrogen-bond donors (Lipinski definition) is 0. The van der Waals surface area contributed by atoms with Gasteiger partial charge in [-0.15, -0.1) is 0 Å². The number of carbonyl (C=O) groups is 4. The average molecular weight is 785 g/mol. The summed E-state index contributed by atoms with van der Waals surface area (Å²) < 4.78 is 21.6. The van der Waals surface area contributed by atoms with Crippen molar-refractivity contribution in [1.29, 1.82) is 0 Å². The zero-order chi connectivity index (χ0) is 35.1. The summed E-state index contributed by atoms with van der Waals surface area (Å²) in [5.74, 6) is -5.09. The number of halogens is 6. The number of benzene rings is 2. The van der Waals surface area contributed by atoms with Gasteiger partial charge in [-0.05, 0) is 48.6 Å². The Balaban J connectivity index is 1.52. The summed E-state index contributed by atoms with van der Waals surface area (Å²) >= 11 is 37.7. The smallest absolute Gasteiger partial charge is 0.423 e. The summed E-state index contributed by atoms with van der Waals surface area (Å²) in [6, 6.07) is 2.29. The van der Waals surface area contributed by atoms with Crippen molar-refractivity contribution >= 4 is 93.5 Å². The minimum atomic E-state index is -1.63. The van der Waals surface area contributed by atoms with Gasteiger partial charge in [0.15, 0.2) is 11.5 Å². The van der Waals surface area contributed by atoms with Crippen LogP contribution in [0.1, 0.15) is 98.8 Å². The number of hydrogen-bond acceptors (Lipinski definition) is 8. The van der Waals surface area contributed by atoms with E-state index in [2.05, 4.69) is 13.8 Å². The first kappa shape index (κ1) is 38.9. The molecule has 4 atom stereocenters. The molecular weight excluding hydrogens is 749 g/mol. The zero-order valence-corrected chi connectivity index (χ0v) is 31.0. The van der Waals surface area contributed by atoms with E-state index in [0.29, 0.717) is 11.8 Å². The van der Waals surface area contributed by atoms with Crippen LogP contribution < -0.4 is 9.47 Å². The van der Waals surface area contributed by atoms with Gasteiger partial charge in [-0.25, -0.2) is 19.2 Å². The van der Waals surface area contributed by atoms with Gasteiger partial charge in [0.25, 0.3) is 0 Å². The summed E-state index contributed by atoms with van der Waals surface area (Å²) in [7, 11) is 0. The molecule has 0 aliphatic heterocycles. The first-order valence-corrected chi connectivity index (χ1v) is 18.3. The van der Waals surface area contributed by atoms with E-state index in [4.69, 9.17) is 88.6 Å². The molecule has 2 fully saturated rings. The van der Waals surface area contributed by atoms with Crippen LogP contribution >= 0.6 is 69.6 Å². The Kier molecular flexibility index (Phi) is 14.4. The topological polar surface area (TPSA) is 105 Å². The molecule has 0 bridgehead atoms. The second-order valence-electron chi connectivity index (χ2n) is 12.2. The van der Waals surface area contributed by atoms with Crippen molar-refractivity contribution in [3.8, 4) is 11.5 Å². The Labute approximate surface area is 309 Å². The minimum absolute atomic E-state index is 0.106. The van der Waals surface area contributed by atoms with Crippen LogP contribution in [0.4, 0.5) is 0 Å². The highest BCUT2D eigenvalue weighted by molar-refractivity contribution is 6.47. The van der Waals surface area contributed by atoms with Crippen LogP contribution in [0.25, 0.3) is 0 Å². The number of ether oxygens (including phenoxy) is 4. The van der Waals surface area contributed by atoms with E-state index in [9.17, 15) is 19.2 Å². The lowest BCUT2D eigenvalue weighted by Crippen LogP contribution is -2.28.